The topological polar surface area (TPSA) is 41.6 Å². The first-order valence-corrected chi connectivity index (χ1v) is 6.81. The summed E-state index contributed by atoms with van der Waals surface area (Å²) in [6, 6.07) is 5.92. The Balaban J connectivity index is 2.23. The van der Waals surface area contributed by atoms with Gasteiger partial charge in [-0.25, -0.2) is 0 Å². The molecule has 0 aliphatic carbocycles. The van der Waals surface area contributed by atoms with E-state index in [1.807, 2.05) is 24.1 Å². The molecule has 4 nitrogen and oxygen atoms in total. The van der Waals surface area contributed by atoms with Gasteiger partial charge in [-0.2, -0.15) is 0 Å². The van der Waals surface area contributed by atoms with E-state index in [1.54, 1.807) is 7.11 Å². The van der Waals surface area contributed by atoms with E-state index < -0.39 is 0 Å². The summed E-state index contributed by atoms with van der Waals surface area (Å²) >= 11 is 0. The van der Waals surface area contributed by atoms with Gasteiger partial charge in [-0.15, -0.1) is 0 Å². The van der Waals surface area contributed by atoms with Crippen LogP contribution in [0.15, 0.2) is 18.2 Å². The van der Waals surface area contributed by atoms with Gasteiger partial charge >= 0.3 is 0 Å². The number of nitrogens with one attached hydrogen (secondary N) is 1. The van der Waals surface area contributed by atoms with E-state index >= 15 is 0 Å². The Bertz CT molecular complexity index is 529. The summed E-state index contributed by atoms with van der Waals surface area (Å²) in [5.41, 5.74) is 1.79. The van der Waals surface area contributed by atoms with Gasteiger partial charge in [-0.1, -0.05) is 19.1 Å². The van der Waals surface area contributed by atoms with Crippen LogP contribution in [0, 0.1) is 0 Å². The van der Waals surface area contributed by atoms with Crippen LogP contribution in [0.1, 0.15) is 35.2 Å². The highest BCUT2D eigenvalue weighted by molar-refractivity contribution is 6.00. The first-order chi connectivity index (χ1) is 9.15. The van der Waals surface area contributed by atoms with Crippen molar-refractivity contribution in [2.45, 2.75) is 24.8 Å². The third-order valence-corrected chi connectivity index (χ3v) is 4.88. The number of benzene rings is 1. The molecular formula is C15H20N2O2. The number of rotatable bonds is 2. The first kappa shape index (κ1) is 12.5. The maximum Gasteiger partial charge on any atom is 0.258 e. The van der Waals surface area contributed by atoms with Crippen LogP contribution in [-0.2, 0) is 0 Å². The zero-order valence-corrected chi connectivity index (χ0v) is 11.7. The number of amides is 1. The highest BCUT2D eigenvalue weighted by Gasteiger charge is 2.52. The summed E-state index contributed by atoms with van der Waals surface area (Å²) in [5.74, 6) is 1.12. The molecular weight excluding hydrogens is 240 g/mol. The molecule has 0 spiro atoms. The Labute approximate surface area is 113 Å². The zero-order valence-electron chi connectivity index (χ0n) is 11.7. The van der Waals surface area contributed by atoms with Crippen LogP contribution in [0.25, 0.3) is 0 Å². The normalized spacial score (nSPS) is 29.1. The fraction of sp³-hybridized carbons (Fsp3) is 0.533. The molecule has 2 atom stereocenters. The number of ether oxygens (including phenoxy) is 1. The highest BCUT2D eigenvalue weighted by atomic mass is 16.5. The third-order valence-electron chi connectivity index (χ3n) is 4.88. The second kappa shape index (κ2) is 4.23. The number of carbonyl (C=O) groups excluding carboxylic acids is 1. The van der Waals surface area contributed by atoms with Crippen molar-refractivity contribution < 1.29 is 9.53 Å². The van der Waals surface area contributed by atoms with Crippen LogP contribution < -0.4 is 10.1 Å². The standard InChI is InChI=1S/C15H20N2O2/c1-4-15-9-16-8-11(15)10-6-5-7-12(19-3)13(10)14(18)17(15)2/h5-7,11,16H,4,8-9H2,1-3H3. The quantitative estimate of drug-likeness (QED) is 0.878. The van der Waals surface area contributed by atoms with E-state index in [4.69, 9.17) is 4.74 Å². The van der Waals surface area contributed by atoms with Gasteiger partial charge in [0.2, 0.25) is 0 Å². The summed E-state index contributed by atoms with van der Waals surface area (Å²) < 4.78 is 5.38. The van der Waals surface area contributed by atoms with Crippen LogP contribution in [0.5, 0.6) is 5.75 Å². The lowest BCUT2D eigenvalue weighted by Gasteiger charge is -2.46. The number of likely N-dealkylation sites (N-methyl/N-ethyl adjacent to an activating group) is 1. The third kappa shape index (κ3) is 1.46. The van der Waals surface area contributed by atoms with Crippen molar-refractivity contribution in [3.05, 3.63) is 29.3 Å². The average Bonchev–Trinajstić information content (AvgIpc) is 2.89. The number of carbonyl (C=O) groups is 1. The van der Waals surface area contributed by atoms with Gasteiger partial charge in [0.15, 0.2) is 0 Å². The number of nitrogens with zero attached hydrogens (tertiary/aromatic N) is 1. The Morgan fingerprint density at radius 3 is 3.00 bits per heavy atom. The van der Waals surface area contributed by atoms with Gasteiger partial charge in [0.25, 0.3) is 5.91 Å². The molecule has 1 N–H and O–H groups in total. The number of methoxy groups -OCH3 is 1. The molecule has 0 aromatic heterocycles. The minimum atomic E-state index is -0.0869. The smallest absolute Gasteiger partial charge is 0.258 e. The van der Waals surface area contributed by atoms with Gasteiger partial charge < -0.3 is 15.0 Å². The van der Waals surface area contributed by atoms with Crippen LogP contribution in [0.4, 0.5) is 0 Å². The van der Waals surface area contributed by atoms with Crippen molar-refractivity contribution in [3.63, 3.8) is 0 Å². The molecule has 1 saturated heterocycles. The zero-order chi connectivity index (χ0) is 13.6. The molecule has 1 fully saturated rings. The molecule has 3 rings (SSSR count). The summed E-state index contributed by atoms with van der Waals surface area (Å²) in [4.78, 5) is 14.6. The summed E-state index contributed by atoms with van der Waals surface area (Å²) in [6.45, 7) is 3.95. The molecule has 4 heteroatoms. The maximum atomic E-state index is 12.7. The van der Waals surface area contributed by atoms with Crippen LogP contribution in [0.2, 0.25) is 0 Å². The SMILES string of the molecule is CCC12CNCC1c1cccc(OC)c1C(=O)N2C. The van der Waals surface area contributed by atoms with E-state index in [0.717, 1.165) is 30.6 Å². The number of fused-ring (bicyclic) bond motifs is 3. The van der Waals surface area contributed by atoms with Crippen molar-refractivity contribution in [1.82, 2.24) is 10.2 Å². The monoisotopic (exact) mass is 260 g/mol. The number of hydrogen-bond acceptors (Lipinski definition) is 3. The Kier molecular flexibility index (Phi) is 2.78. The Morgan fingerprint density at radius 2 is 2.32 bits per heavy atom. The van der Waals surface area contributed by atoms with Crippen molar-refractivity contribution >= 4 is 5.91 Å². The van der Waals surface area contributed by atoms with Crippen molar-refractivity contribution in [1.29, 1.82) is 0 Å². The van der Waals surface area contributed by atoms with E-state index in [-0.39, 0.29) is 11.4 Å². The molecule has 2 unspecified atom stereocenters. The summed E-state index contributed by atoms with van der Waals surface area (Å²) in [5, 5.41) is 3.45. The molecule has 19 heavy (non-hydrogen) atoms. The highest BCUT2D eigenvalue weighted by Crippen LogP contribution is 2.46. The van der Waals surface area contributed by atoms with Crippen molar-refractivity contribution in [3.8, 4) is 5.75 Å². The largest absolute Gasteiger partial charge is 0.496 e. The first-order valence-electron chi connectivity index (χ1n) is 6.81. The molecule has 0 saturated carbocycles. The lowest BCUT2D eigenvalue weighted by atomic mass is 9.73. The lowest BCUT2D eigenvalue weighted by molar-refractivity contribution is 0.0497. The molecule has 1 aromatic carbocycles. The molecule has 1 amide bonds. The Morgan fingerprint density at radius 1 is 1.53 bits per heavy atom. The van der Waals surface area contributed by atoms with Crippen LogP contribution >= 0.6 is 0 Å². The molecule has 2 heterocycles. The van der Waals surface area contributed by atoms with Gasteiger partial charge in [0.05, 0.1) is 18.2 Å². The predicted molar refractivity (Wildman–Crippen MR) is 73.7 cm³/mol. The van der Waals surface area contributed by atoms with Crippen LogP contribution in [-0.4, -0.2) is 43.6 Å². The van der Waals surface area contributed by atoms with Gasteiger partial charge in [0.1, 0.15) is 5.75 Å². The molecule has 2 aliphatic rings. The summed E-state index contributed by atoms with van der Waals surface area (Å²) in [7, 11) is 3.54. The minimum Gasteiger partial charge on any atom is -0.496 e. The second-order valence-electron chi connectivity index (χ2n) is 5.43. The molecule has 102 valence electrons. The second-order valence-corrected chi connectivity index (χ2v) is 5.43. The van der Waals surface area contributed by atoms with E-state index in [9.17, 15) is 4.79 Å². The van der Waals surface area contributed by atoms with Gasteiger partial charge in [-0.3, -0.25) is 4.79 Å². The Hall–Kier alpha value is -1.55. The van der Waals surface area contributed by atoms with Crippen molar-refractivity contribution in [2.24, 2.45) is 0 Å². The van der Waals surface area contributed by atoms with Gasteiger partial charge in [0, 0.05) is 26.1 Å². The molecule has 1 aromatic rings. The maximum absolute atomic E-state index is 12.7. The fourth-order valence-electron chi connectivity index (χ4n) is 3.71. The minimum absolute atomic E-state index is 0.0780. The van der Waals surface area contributed by atoms with E-state index in [0.29, 0.717) is 11.7 Å². The predicted octanol–water partition coefficient (Wildman–Crippen LogP) is 1.62. The fourth-order valence-corrected chi connectivity index (χ4v) is 3.71. The molecule has 0 radical (unpaired) electrons. The average molecular weight is 260 g/mol. The van der Waals surface area contributed by atoms with E-state index in [1.165, 1.54) is 0 Å². The summed E-state index contributed by atoms with van der Waals surface area (Å²) in [6.07, 6.45) is 0.962. The number of hydrogen-bond donors (Lipinski definition) is 1. The lowest BCUT2D eigenvalue weighted by Crippen LogP contribution is -2.57. The van der Waals surface area contributed by atoms with E-state index in [2.05, 4.69) is 18.3 Å². The van der Waals surface area contributed by atoms with Crippen LogP contribution in [0.3, 0.4) is 0 Å². The van der Waals surface area contributed by atoms with Crippen molar-refractivity contribution in [2.75, 3.05) is 27.2 Å². The molecule has 0 bridgehead atoms. The van der Waals surface area contributed by atoms with Gasteiger partial charge in [-0.05, 0) is 18.1 Å². The molecule has 2 aliphatic heterocycles.